The van der Waals surface area contributed by atoms with E-state index in [2.05, 4.69) is 23.7 Å². The van der Waals surface area contributed by atoms with Crippen molar-refractivity contribution in [1.29, 1.82) is 0 Å². The molecule has 0 fully saturated rings. The van der Waals surface area contributed by atoms with Gasteiger partial charge in [-0.1, -0.05) is 50.5 Å². The van der Waals surface area contributed by atoms with E-state index < -0.39 is 0 Å². The van der Waals surface area contributed by atoms with Crippen molar-refractivity contribution < 1.29 is 9.53 Å². The quantitative estimate of drug-likeness (QED) is 0.292. The molecular formula is C23H30O2. The second-order valence-electron chi connectivity index (χ2n) is 6.10. The van der Waals surface area contributed by atoms with Crippen LogP contribution in [0.4, 0.5) is 0 Å². The number of unbranched alkanes of at least 4 members (excludes halogenated alkanes) is 8. The fourth-order valence-corrected chi connectivity index (χ4v) is 2.62. The Balaban J connectivity index is 2.03. The SMILES string of the molecule is CC#CCCCCCCCCCCOC(=O)c1cccc(C#CC)c1. The first-order valence-corrected chi connectivity index (χ1v) is 9.37. The zero-order chi connectivity index (χ0) is 18.2. The highest BCUT2D eigenvalue weighted by Crippen LogP contribution is 2.10. The van der Waals surface area contributed by atoms with Crippen LogP contribution in [-0.4, -0.2) is 12.6 Å². The second kappa shape index (κ2) is 14.2. The Labute approximate surface area is 153 Å². The van der Waals surface area contributed by atoms with Crippen LogP contribution in [0.5, 0.6) is 0 Å². The van der Waals surface area contributed by atoms with E-state index in [1.165, 1.54) is 38.5 Å². The van der Waals surface area contributed by atoms with Gasteiger partial charge < -0.3 is 4.74 Å². The van der Waals surface area contributed by atoms with Gasteiger partial charge in [-0.3, -0.25) is 0 Å². The zero-order valence-electron chi connectivity index (χ0n) is 15.7. The average Bonchev–Trinajstić information content (AvgIpc) is 2.63. The maximum absolute atomic E-state index is 12.0. The van der Waals surface area contributed by atoms with Crippen molar-refractivity contribution in [2.75, 3.05) is 6.61 Å². The maximum atomic E-state index is 12.0. The van der Waals surface area contributed by atoms with Gasteiger partial charge in [-0.05, 0) is 44.9 Å². The van der Waals surface area contributed by atoms with E-state index in [0.717, 1.165) is 24.8 Å². The fraction of sp³-hybridized carbons (Fsp3) is 0.522. The van der Waals surface area contributed by atoms with Crippen LogP contribution in [-0.2, 0) is 4.74 Å². The van der Waals surface area contributed by atoms with Gasteiger partial charge in [-0.15, -0.1) is 17.8 Å². The zero-order valence-corrected chi connectivity index (χ0v) is 15.7. The Bertz CT molecular complexity index is 623. The minimum absolute atomic E-state index is 0.255. The molecule has 0 saturated carbocycles. The van der Waals surface area contributed by atoms with E-state index >= 15 is 0 Å². The van der Waals surface area contributed by atoms with Crippen LogP contribution < -0.4 is 0 Å². The van der Waals surface area contributed by atoms with E-state index in [-0.39, 0.29) is 5.97 Å². The number of carbonyl (C=O) groups is 1. The predicted molar refractivity (Wildman–Crippen MR) is 104 cm³/mol. The van der Waals surface area contributed by atoms with Gasteiger partial charge in [0, 0.05) is 12.0 Å². The Morgan fingerprint density at radius 3 is 2.28 bits per heavy atom. The molecule has 25 heavy (non-hydrogen) atoms. The van der Waals surface area contributed by atoms with Crippen molar-refractivity contribution >= 4 is 5.97 Å². The predicted octanol–water partition coefficient (Wildman–Crippen LogP) is 5.75. The first-order chi connectivity index (χ1) is 12.3. The first kappa shape index (κ1) is 20.9. The molecule has 0 atom stereocenters. The summed E-state index contributed by atoms with van der Waals surface area (Å²) in [5.41, 5.74) is 1.42. The maximum Gasteiger partial charge on any atom is 0.338 e. The van der Waals surface area contributed by atoms with E-state index in [1.54, 1.807) is 19.1 Å². The third-order valence-corrected chi connectivity index (χ3v) is 3.97. The molecule has 0 heterocycles. The minimum Gasteiger partial charge on any atom is -0.462 e. The van der Waals surface area contributed by atoms with Gasteiger partial charge in [0.2, 0.25) is 0 Å². The van der Waals surface area contributed by atoms with Crippen LogP contribution in [0.1, 0.15) is 87.6 Å². The lowest BCUT2D eigenvalue weighted by molar-refractivity contribution is 0.0497. The largest absolute Gasteiger partial charge is 0.462 e. The molecule has 0 unspecified atom stereocenters. The molecule has 0 amide bonds. The molecule has 2 heteroatoms. The number of ether oxygens (including phenoxy) is 1. The number of hydrogen-bond donors (Lipinski definition) is 0. The topological polar surface area (TPSA) is 26.3 Å². The van der Waals surface area contributed by atoms with Crippen molar-refractivity contribution in [1.82, 2.24) is 0 Å². The molecule has 2 nitrogen and oxygen atoms in total. The molecule has 0 aliphatic carbocycles. The standard InChI is InChI=1S/C23H30O2/c1-3-5-6-7-8-9-10-11-12-13-14-19-25-23(24)22-18-15-17-21(20-22)16-4-2/h15,17-18,20H,6-14,19H2,1-2H3. The summed E-state index contributed by atoms with van der Waals surface area (Å²) in [6.07, 6.45) is 10.7. The summed E-state index contributed by atoms with van der Waals surface area (Å²) in [4.78, 5) is 12.0. The number of esters is 1. The van der Waals surface area contributed by atoms with Crippen molar-refractivity contribution in [3.8, 4) is 23.7 Å². The van der Waals surface area contributed by atoms with Crippen LogP contribution in [0.3, 0.4) is 0 Å². The van der Waals surface area contributed by atoms with Gasteiger partial charge in [0.1, 0.15) is 0 Å². The van der Waals surface area contributed by atoms with Gasteiger partial charge in [0.25, 0.3) is 0 Å². The van der Waals surface area contributed by atoms with Crippen LogP contribution in [0.15, 0.2) is 24.3 Å². The van der Waals surface area contributed by atoms with Crippen LogP contribution in [0, 0.1) is 23.7 Å². The molecule has 0 radical (unpaired) electrons. The molecule has 0 spiro atoms. The number of hydrogen-bond acceptors (Lipinski definition) is 2. The number of benzene rings is 1. The van der Waals surface area contributed by atoms with Gasteiger partial charge in [-0.25, -0.2) is 4.79 Å². The molecule has 0 N–H and O–H groups in total. The molecule has 1 aromatic rings. The van der Waals surface area contributed by atoms with Crippen molar-refractivity contribution in [3.05, 3.63) is 35.4 Å². The summed E-state index contributed by atoms with van der Waals surface area (Å²) in [7, 11) is 0. The Hall–Kier alpha value is -2.19. The molecule has 1 rings (SSSR count). The monoisotopic (exact) mass is 338 g/mol. The van der Waals surface area contributed by atoms with Gasteiger partial charge in [0.15, 0.2) is 0 Å². The summed E-state index contributed by atoms with van der Waals surface area (Å²) in [5.74, 6) is 11.6. The van der Waals surface area contributed by atoms with Crippen molar-refractivity contribution in [3.63, 3.8) is 0 Å². The van der Waals surface area contributed by atoms with Crippen LogP contribution >= 0.6 is 0 Å². The highest BCUT2D eigenvalue weighted by atomic mass is 16.5. The normalized spacial score (nSPS) is 9.52. The summed E-state index contributed by atoms with van der Waals surface area (Å²) >= 11 is 0. The van der Waals surface area contributed by atoms with E-state index in [1.807, 2.05) is 19.1 Å². The Kier molecular flexibility index (Phi) is 11.8. The Morgan fingerprint density at radius 2 is 1.60 bits per heavy atom. The van der Waals surface area contributed by atoms with Crippen LogP contribution in [0.25, 0.3) is 0 Å². The third-order valence-electron chi connectivity index (χ3n) is 3.97. The molecule has 1 aromatic carbocycles. The molecular weight excluding hydrogens is 308 g/mol. The smallest absolute Gasteiger partial charge is 0.338 e. The lowest BCUT2D eigenvalue weighted by Crippen LogP contribution is -2.06. The van der Waals surface area contributed by atoms with Crippen LogP contribution in [0.2, 0.25) is 0 Å². The fourth-order valence-electron chi connectivity index (χ4n) is 2.62. The Morgan fingerprint density at radius 1 is 0.920 bits per heavy atom. The first-order valence-electron chi connectivity index (χ1n) is 9.37. The highest BCUT2D eigenvalue weighted by molar-refractivity contribution is 5.89. The lowest BCUT2D eigenvalue weighted by Gasteiger charge is -2.05. The van der Waals surface area contributed by atoms with Gasteiger partial charge >= 0.3 is 5.97 Å². The molecule has 0 aliphatic rings. The summed E-state index contributed by atoms with van der Waals surface area (Å²) in [6, 6.07) is 7.29. The second-order valence-corrected chi connectivity index (χ2v) is 6.10. The van der Waals surface area contributed by atoms with E-state index in [4.69, 9.17) is 4.74 Å². The molecule has 0 aliphatic heterocycles. The highest BCUT2D eigenvalue weighted by Gasteiger charge is 2.06. The number of rotatable bonds is 11. The molecule has 134 valence electrons. The lowest BCUT2D eigenvalue weighted by atomic mass is 10.1. The number of carbonyl (C=O) groups excluding carboxylic acids is 1. The van der Waals surface area contributed by atoms with E-state index in [0.29, 0.717) is 12.2 Å². The molecule has 0 bridgehead atoms. The van der Waals surface area contributed by atoms with Gasteiger partial charge in [-0.2, -0.15) is 0 Å². The third kappa shape index (κ3) is 10.3. The van der Waals surface area contributed by atoms with Gasteiger partial charge in [0.05, 0.1) is 12.2 Å². The minimum atomic E-state index is -0.255. The molecule has 0 saturated heterocycles. The average molecular weight is 338 g/mol. The summed E-state index contributed by atoms with van der Waals surface area (Å²) in [6.45, 7) is 4.18. The summed E-state index contributed by atoms with van der Waals surface area (Å²) < 4.78 is 5.34. The van der Waals surface area contributed by atoms with E-state index in [9.17, 15) is 4.79 Å². The summed E-state index contributed by atoms with van der Waals surface area (Å²) in [5, 5.41) is 0. The van der Waals surface area contributed by atoms with Crippen molar-refractivity contribution in [2.24, 2.45) is 0 Å². The molecule has 0 aromatic heterocycles. The van der Waals surface area contributed by atoms with Crippen molar-refractivity contribution in [2.45, 2.75) is 71.6 Å².